The van der Waals surface area contributed by atoms with Gasteiger partial charge in [-0.15, -0.1) is 0 Å². The molecule has 64 valence electrons. The second-order valence-corrected chi connectivity index (χ2v) is 4.72. The first-order valence-corrected chi connectivity index (χ1v) is 5.59. The monoisotopic (exact) mass is 178 g/mol. The van der Waals surface area contributed by atoms with Gasteiger partial charge in [0, 0.05) is 5.25 Å². The highest BCUT2D eigenvalue weighted by atomic mass is 32.2. The fourth-order valence-corrected chi connectivity index (χ4v) is 2.92. The van der Waals surface area contributed by atoms with Gasteiger partial charge in [-0.3, -0.25) is 0 Å². The van der Waals surface area contributed by atoms with Gasteiger partial charge in [-0.25, -0.2) is 0 Å². The van der Waals surface area contributed by atoms with E-state index in [0.717, 1.165) is 5.25 Å². The highest BCUT2D eigenvalue weighted by Crippen LogP contribution is 2.39. The van der Waals surface area contributed by atoms with Gasteiger partial charge in [-0.1, -0.05) is 29.8 Å². The molecule has 0 N–H and O–H groups in total. The maximum Gasteiger partial charge on any atom is 0.0297 e. The summed E-state index contributed by atoms with van der Waals surface area (Å²) in [6.45, 7) is 2.14. The van der Waals surface area contributed by atoms with Gasteiger partial charge in [0.15, 0.2) is 0 Å². The Labute approximate surface area is 78.4 Å². The van der Waals surface area contributed by atoms with Gasteiger partial charge in [0.05, 0.1) is 0 Å². The van der Waals surface area contributed by atoms with Crippen molar-refractivity contribution < 1.29 is 0 Å². The van der Waals surface area contributed by atoms with Gasteiger partial charge in [0.2, 0.25) is 0 Å². The van der Waals surface area contributed by atoms with E-state index in [0.29, 0.717) is 0 Å². The SMILES string of the molecule is Cc1ccc(C2CCCS2)cc1. The van der Waals surface area contributed by atoms with Gasteiger partial charge in [-0.2, -0.15) is 11.8 Å². The zero-order valence-electron chi connectivity index (χ0n) is 7.42. The molecule has 1 aromatic rings. The topological polar surface area (TPSA) is 0 Å². The summed E-state index contributed by atoms with van der Waals surface area (Å²) in [5.74, 6) is 1.35. The molecule has 1 heteroatoms. The van der Waals surface area contributed by atoms with Crippen LogP contribution in [-0.4, -0.2) is 5.75 Å². The highest BCUT2D eigenvalue weighted by molar-refractivity contribution is 7.99. The van der Waals surface area contributed by atoms with Crippen molar-refractivity contribution in [3.05, 3.63) is 35.4 Å². The van der Waals surface area contributed by atoms with Crippen molar-refractivity contribution in [2.45, 2.75) is 25.0 Å². The molecule has 0 nitrogen and oxygen atoms in total. The second-order valence-electron chi connectivity index (χ2n) is 3.41. The molecule has 1 atom stereocenters. The first-order chi connectivity index (χ1) is 5.86. The van der Waals surface area contributed by atoms with Gasteiger partial charge >= 0.3 is 0 Å². The Morgan fingerprint density at radius 2 is 2.00 bits per heavy atom. The summed E-state index contributed by atoms with van der Waals surface area (Å²) in [4.78, 5) is 0. The van der Waals surface area contributed by atoms with Crippen LogP contribution in [0.3, 0.4) is 0 Å². The average Bonchev–Trinajstić information content (AvgIpc) is 2.58. The molecule has 1 fully saturated rings. The molecule has 1 aromatic carbocycles. The van der Waals surface area contributed by atoms with E-state index in [4.69, 9.17) is 0 Å². The first-order valence-electron chi connectivity index (χ1n) is 4.54. The average molecular weight is 178 g/mol. The maximum atomic E-state index is 2.28. The minimum absolute atomic E-state index is 0.783. The van der Waals surface area contributed by atoms with Crippen molar-refractivity contribution in [3.63, 3.8) is 0 Å². The van der Waals surface area contributed by atoms with Crippen LogP contribution in [0.2, 0.25) is 0 Å². The van der Waals surface area contributed by atoms with Crippen LogP contribution in [0, 0.1) is 6.92 Å². The molecule has 2 rings (SSSR count). The summed E-state index contributed by atoms with van der Waals surface area (Å²) < 4.78 is 0. The lowest BCUT2D eigenvalue weighted by Gasteiger charge is -2.08. The summed E-state index contributed by atoms with van der Waals surface area (Å²) in [5, 5.41) is 0.783. The van der Waals surface area contributed by atoms with E-state index < -0.39 is 0 Å². The van der Waals surface area contributed by atoms with E-state index in [2.05, 4.69) is 43.0 Å². The summed E-state index contributed by atoms with van der Waals surface area (Å²) in [6, 6.07) is 8.99. The molecule has 1 unspecified atom stereocenters. The minimum atomic E-state index is 0.783. The lowest BCUT2D eigenvalue weighted by Crippen LogP contribution is -1.87. The Morgan fingerprint density at radius 3 is 2.58 bits per heavy atom. The van der Waals surface area contributed by atoms with Gasteiger partial charge in [0.1, 0.15) is 0 Å². The van der Waals surface area contributed by atoms with Crippen molar-refractivity contribution in [1.29, 1.82) is 0 Å². The van der Waals surface area contributed by atoms with Crippen LogP contribution in [0.25, 0.3) is 0 Å². The van der Waals surface area contributed by atoms with Crippen molar-refractivity contribution in [2.24, 2.45) is 0 Å². The zero-order valence-corrected chi connectivity index (χ0v) is 8.23. The molecule has 0 amide bonds. The normalized spacial score (nSPS) is 22.9. The third-order valence-corrected chi connectivity index (χ3v) is 3.81. The van der Waals surface area contributed by atoms with E-state index in [1.807, 2.05) is 0 Å². The Kier molecular flexibility index (Phi) is 2.40. The van der Waals surface area contributed by atoms with Crippen LogP contribution in [0.15, 0.2) is 24.3 Å². The Morgan fingerprint density at radius 1 is 1.25 bits per heavy atom. The summed E-state index contributed by atoms with van der Waals surface area (Å²) >= 11 is 2.10. The van der Waals surface area contributed by atoms with E-state index >= 15 is 0 Å². The summed E-state index contributed by atoms with van der Waals surface area (Å²) in [5.41, 5.74) is 2.88. The molecular formula is C11H14S. The second kappa shape index (κ2) is 3.53. The molecule has 0 bridgehead atoms. The van der Waals surface area contributed by atoms with Crippen molar-refractivity contribution in [3.8, 4) is 0 Å². The van der Waals surface area contributed by atoms with Crippen molar-refractivity contribution in [1.82, 2.24) is 0 Å². The quantitative estimate of drug-likeness (QED) is 0.633. The molecule has 0 aliphatic carbocycles. The fraction of sp³-hybridized carbons (Fsp3) is 0.455. The molecule has 1 aliphatic rings. The van der Waals surface area contributed by atoms with Crippen LogP contribution in [0.1, 0.15) is 29.2 Å². The smallest absolute Gasteiger partial charge is 0.0297 e. The Bertz CT molecular complexity index is 244. The molecule has 0 radical (unpaired) electrons. The fourth-order valence-electron chi connectivity index (χ4n) is 1.62. The van der Waals surface area contributed by atoms with Crippen LogP contribution in [0.4, 0.5) is 0 Å². The number of aryl methyl sites for hydroxylation is 1. The minimum Gasteiger partial charge on any atom is -0.154 e. The zero-order chi connectivity index (χ0) is 8.39. The van der Waals surface area contributed by atoms with Crippen LogP contribution >= 0.6 is 11.8 Å². The maximum absolute atomic E-state index is 2.28. The van der Waals surface area contributed by atoms with Gasteiger partial charge in [0.25, 0.3) is 0 Å². The number of thioether (sulfide) groups is 1. The van der Waals surface area contributed by atoms with Gasteiger partial charge in [-0.05, 0) is 31.1 Å². The Hall–Kier alpha value is -0.430. The third-order valence-electron chi connectivity index (χ3n) is 2.38. The van der Waals surface area contributed by atoms with E-state index in [-0.39, 0.29) is 0 Å². The summed E-state index contributed by atoms with van der Waals surface area (Å²) in [7, 11) is 0. The molecule has 1 aliphatic heterocycles. The first kappa shape index (κ1) is 8.18. The lowest BCUT2D eigenvalue weighted by atomic mass is 10.1. The predicted octanol–water partition coefficient (Wildman–Crippen LogP) is 3.56. The van der Waals surface area contributed by atoms with Crippen molar-refractivity contribution >= 4 is 11.8 Å². The largest absolute Gasteiger partial charge is 0.154 e. The Balaban J connectivity index is 2.17. The number of hydrogen-bond donors (Lipinski definition) is 0. The lowest BCUT2D eigenvalue weighted by molar-refractivity contribution is 0.829. The van der Waals surface area contributed by atoms with E-state index in [1.54, 1.807) is 0 Å². The van der Waals surface area contributed by atoms with Crippen LogP contribution in [0.5, 0.6) is 0 Å². The van der Waals surface area contributed by atoms with E-state index in [9.17, 15) is 0 Å². The van der Waals surface area contributed by atoms with E-state index in [1.165, 1.54) is 29.7 Å². The number of hydrogen-bond acceptors (Lipinski definition) is 1. The molecule has 1 saturated heterocycles. The molecule has 1 heterocycles. The predicted molar refractivity (Wildman–Crippen MR) is 55.6 cm³/mol. The van der Waals surface area contributed by atoms with Crippen LogP contribution in [-0.2, 0) is 0 Å². The third kappa shape index (κ3) is 1.66. The molecule has 0 spiro atoms. The highest BCUT2D eigenvalue weighted by Gasteiger charge is 2.16. The molecule has 12 heavy (non-hydrogen) atoms. The molecule has 0 saturated carbocycles. The van der Waals surface area contributed by atoms with Crippen molar-refractivity contribution in [2.75, 3.05) is 5.75 Å². The molecular weight excluding hydrogens is 164 g/mol. The van der Waals surface area contributed by atoms with Crippen LogP contribution < -0.4 is 0 Å². The molecule has 0 aromatic heterocycles. The standard InChI is InChI=1S/C11H14S/c1-9-4-6-10(7-5-9)11-3-2-8-12-11/h4-7,11H,2-3,8H2,1H3. The number of rotatable bonds is 1. The van der Waals surface area contributed by atoms with Gasteiger partial charge < -0.3 is 0 Å². The summed E-state index contributed by atoms with van der Waals surface area (Å²) in [6.07, 6.45) is 2.76. The number of benzene rings is 1.